The van der Waals surface area contributed by atoms with Crippen LogP contribution in [0.25, 0.3) is 21.9 Å². The summed E-state index contributed by atoms with van der Waals surface area (Å²) in [7, 11) is 0. The van der Waals surface area contributed by atoms with Crippen molar-refractivity contribution >= 4 is 33.6 Å². The fourth-order valence-electron chi connectivity index (χ4n) is 5.87. The van der Waals surface area contributed by atoms with Crippen molar-refractivity contribution in [1.82, 2.24) is 15.0 Å². The fraction of sp³-hybridized carbons (Fsp3) is 0.414. The summed E-state index contributed by atoms with van der Waals surface area (Å²) in [5.74, 6) is 1.15. The number of carboxylic acids is 1. The van der Waals surface area contributed by atoms with Gasteiger partial charge in [0.05, 0.1) is 16.6 Å². The second-order valence-corrected chi connectivity index (χ2v) is 10.1. The molecule has 6 nitrogen and oxygen atoms in total. The summed E-state index contributed by atoms with van der Waals surface area (Å²) in [6.07, 6.45) is 6.14. The number of hydrogen-bond acceptors (Lipinski definition) is 4. The number of aliphatic carboxylic acids is 1. The quantitative estimate of drug-likeness (QED) is 0.305. The van der Waals surface area contributed by atoms with Gasteiger partial charge in [-0.2, -0.15) is 0 Å². The molecule has 2 aromatic carbocycles. The third kappa shape index (κ3) is 4.54. The van der Waals surface area contributed by atoms with E-state index >= 15 is 0 Å². The zero-order valence-corrected chi connectivity index (χ0v) is 21.0. The van der Waals surface area contributed by atoms with Gasteiger partial charge in [-0.05, 0) is 99.4 Å². The summed E-state index contributed by atoms with van der Waals surface area (Å²) < 4.78 is 13.9. The molecule has 0 amide bonds. The summed E-state index contributed by atoms with van der Waals surface area (Å²) in [6, 6.07) is 12.2. The average molecular weight is 489 g/mol. The van der Waals surface area contributed by atoms with E-state index in [4.69, 9.17) is 4.98 Å². The molecule has 4 aromatic rings. The number of benzene rings is 2. The highest BCUT2D eigenvalue weighted by Gasteiger charge is 2.29. The third-order valence-corrected chi connectivity index (χ3v) is 8.07. The Labute approximate surface area is 210 Å². The van der Waals surface area contributed by atoms with Crippen molar-refractivity contribution in [2.45, 2.75) is 64.3 Å². The summed E-state index contributed by atoms with van der Waals surface area (Å²) in [4.78, 5) is 26.2. The van der Waals surface area contributed by atoms with Gasteiger partial charge in [0, 0.05) is 29.7 Å². The number of H-pyrrole nitrogens is 1. The fourth-order valence-corrected chi connectivity index (χ4v) is 5.87. The van der Waals surface area contributed by atoms with Crippen molar-refractivity contribution in [3.8, 4) is 0 Å². The van der Waals surface area contributed by atoms with E-state index in [1.807, 2.05) is 36.2 Å². The van der Waals surface area contributed by atoms with Gasteiger partial charge in [0.15, 0.2) is 0 Å². The first-order chi connectivity index (χ1) is 17.4. The van der Waals surface area contributed by atoms with Crippen molar-refractivity contribution < 1.29 is 14.3 Å². The highest BCUT2D eigenvalue weighted by atomic mass is 19.1. The minimum Gasteiger partial charge on any atom is -0.480 e. The maximum absolute atomic E-state index is 13.9. The van der Waals surface area contributed by atoms with Gasteiger partial charge in [-0.1, -0.05) is 6.92 Å². The Hall–Kier alpha value is -3.48. The van der Waals surface area contributed by atoms with Crippen molar-refractivity contribution in [1.29, 1.82) is 0 Å². The first-order valence-electron chi connectivity index (χ1n) is 12.9. The minimum absolute atomic E-state index is 0.216. The van der Waals surface area contributed by atoms with Gasteiger partial charge in [0.1, 0.15) is 17.7 Å². The van der Waals surface area contributed by atoms with E-state index in [1.54, 1.807) is 19.1 Å². The van der Waals surface area contributed by atoms with Crippen molar-refractivity contribution in [3.05, 3.63) is 65.9 Å². The van der Waals surface area contributed by atoms with Crippen LogP contribution in [0.1, 0.15) is 69.7 Å². The smallest absolute Gasteiger partial charge is 0.326 e. The molecule has 0 bridgehead atoms. The number of carboxylic acid groups (broad SMARTS) is 1. The van der Waals surface area contributed by atoms with Crippen LogP contribution in [0, 0.1) is 11.7 Å². The molecule has 2 aromatic heterocycles. The summed E-state index contributed by atoms with van der Waals surface area (Å²) in [6.45, 7) is 6.52. The van der Waals surface area contributed by atoms with Gasteiger partial charge in [0.25, 0.3) is 0 Å². The predicted molar refractivity (Wildman–Crippen MR) is 141 cm³/mol. The first kappa shape index (κ1) is 24.2. The van der Waals surface area contributed by atoms with Gasteiger partial charge in [-0.3, -0.25) is 4.98 Å². The van der Waals surface area contributed by atoms with Crippen LogP contribution in [0.15, 0.2) is 48.7 Å². The Morgan fingerprint density at radius 2 is 1.86 bits per heavy atom. The van der Waals surface area contributed by atoms with E-state index in [1.165, 1.54) is 11.6 Å². The third-order valence-electron chi connectivity index (χ3n) is 8.07. The molecule has 1 unspecified atom stereocenters. The molecule has 0 saturated heterocycles. The standard InChI is InChI=1S/C29H33FN4O2/c1-4-34(18(3)29(35)36)22-10-12-26-27(16-22)33-28(32-26)17(2)19-5-7-20(8-6-19)23-13-14-31-25-11-9-21(30)15-24(23)25/h9-20H,4-8H2,1-3H3,(H,32,33)(H,35,36)/t17?,18-,19?,20?/m0/s1. The van der Waals surface area contributed by atoms with E-state index in [-0.39, 0.29) is 11.7 Å². The first-order valence-corrected chi connectivity index (χ1v) is 12.9. The number of carbonyl (C=O) groups is 1. The molecule has 1 saturated carbocycles. The lowest BCUT2D eigenvalue weighted by atomic mass is 9.73. The Bertz CT molecular complexity index is 1390. The number of nitrogens with one attached hydrogen (secondary N) is 1. The topological polar surface area (TPSA) is 82.1 Å². The van der Waals surface area contributed by atoms with Crippen LogP contribution < -0.4 is 4.90 Å². The Balaban J connectivity index is 1.31. The maximum atomic E-state index is 13.9. The molecular formula is C29H33FN4O2. The molecule has 1 aliphatic rings. The van der Waals surface area contributed by atoms with Crippen molar-refractivity contribution in [2.75, 3.05) is 11.4 Å². The molecule has 0 radical (unpaired) electrons. The molecule has 0 aliphatic heterocycles. The molecule has 2 N–H and O–H groups in total. The number of aromatic amines is 1. The molecule has 1 aliphatic carbocycles. The van der Waals surface area contributed by atoms with Crippen LogP contribution in [0.2, 0.25) is 0 Å². The summed E-state index contributed by atoms with van der Waals surface area (Å²) in [5.41, 5.74) is 4.77. The second kappa shape index (κ2) is 9.88. The molecule has 2 heterocycles. The van der Waals surface area contributed by atoms with Gasteiger partial charge < -0.3 is 15.0 Å². The van der Waals surface area contributed by atoms with Crippen molar-refractivity contribution in [3.63, 3.8) is 0 Å². The number of aromatic nitrogens is 3. The zero-order chi connectivity index (χ0) is 25.4. The molecule has 1 fully saturated rings. The van der Waals surface area contributed by atoms with Gasteiger partial charge >= 0.3 is 5.97 Å². The van der Waals surface area contributed by atoms with Gasteiger partial charge in [-0.15, -0.1) is 0 Å². The average Bonchev–Trinajstić information content (AvgIpc) is 3.32. The van der Waals surface area contributed by atoms with Crippen molar-refractivity contribution in [2.24, 2.45) is 5.92 Å². The van der Waals surface area contributed by atoms with Crippen LogP contribution in [0.4, 0.5) is 10.1 Å². The number of likely N-dealkylation sites (N-methyl/N-ethyl adjacent to an activating group) is 1. The SMILES string of the molecule is CCN(c1ccc2nc(C(C)C3CCC(c4ccnc5ccc(F)cc45)CC3)[nH]c2c1)[C@@H](C)C(=O)O. The number of fused-ring (bicyclic) bond motifs is 2. The predicted octanol–water partition coefficient (Wildman–Crippen LogP) is 6.63. The van der Waals surface area contributed by atoms with E-state index in [0.29, 0.717) is 18.4 Å². The van der Waals surface area contributed by atoms with E-state index in [2.05, 4.69) is 23.0 Å². The monoisotopic (exact) mass is 488 g/mol. The Morgan fingerprint density at radius 3 is 2.58 bits per heavy atom. The zero-order valence-electron chi connectivity index (χ0n) is 21.0. The lowest BCUT2D eigenvalue weighted by Gasteiger charge is -2.32. The maximum Gasteiger partial charge on any atom is 0.326 e. The van der Waals surface area contributed by atoms with Crippen LogP contribution >= 0.6 is 0 Å². The Kier molecular flexibility index (Phi) is 6.65. The highest BCUT2D eigenvalue weighted by Crippen LogP contribution is 2.43. The minimum atomic E-state index is -0.837. The summed E-state index contributed by atoms with van der Waals surface area (Å²) in [5, 5.41) is 10.4. The van der Waals surface area contributed by atoms with E-state index < -0.39 is 12.0 Å². The molecular weight excluding hydrogens is 455 g/mol. The van der Waals surface area contributed by atoms with Crippen LogP contribution in [0.3, 0.4) is 0 Å². The van der Waals surface area contributed by atoms with E-state index in [0.717, 1.165) is 59.1 Å². The molecule has 188 valence electrons. The summed E-state index contributed by atoms with van der Waals surface area (Å²) >= 11 is 0. The molecule has 36 heavy (non-hydrogen) atoms. The number of imidazole rings is 1. The lowest BCUT2D eigenvalue weighted by Crippen LogP contribution is -2.38. The van der Waals surface area contributed by atoms with Crippen LogP contribution in [0.5, 0.6) is 0 Å². The van der Waals surface area contributed by atoms with Gasteiger partial charge in [-0.25, -0.2) is 14.2 Å². The number of rotatable bonds is 7. The lowest BCUT2D eigenvalue weighted by molar-refractivity contribution is -0.138. The number of halogens is 1. The normalized spacial score (nSPS) is 19.9. The van der Waals surface area contributed by atoms with E-state index in [9.17, 15) is 14.3 Å². The molecule has 2 atom stereocenters. The second-order valence-electron chi connectivity index (χ2n) is 10.1. The number of hydrogen-bond donors (Lipinski definition) is 2. The van der Waals surface area contributed by atoms with Gasteiger partial charge in [0.2, 0.25) is 0 Å². The van der Waals surface area contributed by atoms with Crippen LogP contribution in [-0.2, 0) is 4.79 Å². The number of anilines is 1. The molecule has 5 rings (SSSR count). The van der Waals surface area contributed by atoms with Crippen LogP contribution in [-0.4, -0.2) is 38.6 Å². The molecule has 0 spiro atoms. The largest absolute Gasteiger partial charge is 0.480 e. The number of nitrogens with zero attached hydrogens (tertiary/aromatic N) is 3. The molecule has 7 heteroatoms. The Morgan fingerprint density at radius 1 is 1.11 bits per heavy atom. The highest BCUT2D eigenvalue weighted by molar-refractivity contribution is 5.83. The number of pyridine rings is 1.